The van der Waals surface area contributed by atoms with Gasteiger partial charge in [0.25, 0.3) is 0 Å². The van der Waals surface area contributed by atoms with Gasteiger partial charge in [-0.1, -0.05) is 0 Å². The Hall–Kier alpha value is -2.77. The minimum absolute atomic E-state index is 0.266. The second-order valence-electron chi connectivity index (χ2n) is 6.28. The van der Waals surface area contributed by atoms with E-state index in [9.17, 15) is 13.2 Å². The van der Waals surface area contributed by atoms with Gasteiger partial charge in [0, 0.05) is 30.2 Å². The molecule has 1 fully saturated rings. The summed E-state index contributed by atoms with van der Waals surface area (Å²) in [5.74, 6) is 0.596. The molecule has 0 aliphatic carbocycles. The van der Waals surface area contributed by atoms with Crippen LogP contribution in [0.25, 0.3) is 22.2 Å². The van der Waals surface area contributed by atoms with Gasteiger partial charge >= 0.3 is 6.36 Å². The van der Waals surface area contributed by atoms with Gasteiger partial charge in [-0.2, -0.15) is 5.10 Å². The maximum Gasteiger partial charge on any atom is 0.573 e. The molecule has 1 N–H and O–H groups in total. The highest BCUT2D eigenvalue weighted by Crippen LogP contribution is 2.32. The molecule has 26 heavy (non-hydrogen) atoms. The maximum atomic E-state index is 12.5. The summed E-state index contributed by atoms with van der Waals surface area (Å²) in [7, 11) is 0. The number of anilines is 1. The highest BCUT2D eigenvalue weighted by atomic mass is 19.4. The predicted molar refractivity (Wildman–Crippen MR) is 92.1 cm³/mol. The Balaban J connectivity index is 1.71. The van der Waals surface area contributed by atoms with Gasteiger partial charge in [0.1, 0.15) is 17.3 Å². The van der Waals surface area contributed by atoms with Crippen molar-refractivity contribution < 1.29 is 17.9 Å². The summed E-state index contributed by atoms with van der Waals surface area (Å²) in [4.78, 5) is 6.66. The molecule has 0 atom stereocenters. The van der Waals surface area contributed by atoms with E-state index in [-0.39, 0.29) is 5.75 Å². The number of fused-ring (bicyclic) bond motifs is 1. The van der Waals surface area contributed by atoms with Crippen molar-refractivity contribution in [3.8, 4) is 17.0 Å². The van der Waals surface area contributed by atoms with Crippen LogP contribution in [0.15, 0.2) is 36.5 Å². The number of hydrogen-bond acceptors (Lipinski definition) is 4. The van der Waals surface area contributed by atoms with Gasteiger partial charge in [0.2, 0.25) is 0 Å². The third-order valence-corrected chi connectivity index (χ3v) is 4.47. The lowest BCUT2D eigenvalue weighted by Crippen LogP contribution is -2.30. The number of piperidine rings is 1. The van der Waals surface area contributed by atoms with Crippen molar-refractivity contribution in [3.63, 3.8) is 0 Å². The SMILES string of the molecule is FC(F)(F)Oc1ccc2[nH]nc(-c3ccnc(N4CCCCC4)c3)c2c1. The molecule has 1 saturated heterocycles. The summed E-state index contributed by atoms with van der Waals surface area (Å²) in [5, 5.41) is 7.71. The number of H-pyrrole nitrogens is 1. The normalized spacial score (nSPS) is 15.4. The number of ether oxygens (including phenoxy) is 1. The average Bonchev–Trinajstić information content (AvgIpc) is 3.04. The zero-order valence-corrected chi connectivity index (χ0v) is 13.9. The van der Waals surface area contributed by atoms with Crippen molar-refractivity contribution in [1.82, 2.24) is 15.2 Å². The number of nitrogens with zero attached hydrogens (tertiary/aromatic N) is 3. The van der Waals surface area contributed by atoms with Crippen LogP contribution in [0, 0.1) is 0 Å². The molecule has 0 radical (unpaired) electrons. The van der Waals surface area contributed by atoms with Crippen molar-refractivity contribution >= 4 is 16.7 Å². The van der Waals surface area contributed by atoms with E-state index in [1.54, 1.807) is 12.3 Å². The zero-order chi connectivity index (χ0) is 18.1. The Morgan fingerprint density at radius 3 is 2.62 bits per heavy atom. The molecule has 8 heteroatoms. The minimum atomic E-state index is -4.73. The van der Waals surface area contributed by atoms with E-state index in [4.69, 9.17) is 0 Å². The Bertz CT molecular complexity index is 916. The molecular weight excluding hydrogens is 345 g/mol. The van der Waals surface area contributed by atoms with Gasteiger partial charge in [-0.15, -0.1) is 13.2 Å². The number of alkyl halides is 3. The quantitative estimate of drug-likeness (QED) is 0.745. The van der Waals surface area contributed by atoms with E-state index in [2.05, 4.69) is 24.8 Å². The number of benzene rings is 1. The number of nitrogens with one attached hydrogen (secondary N) is 1. The summed E-state index contributed by atoms with van der Waals surface area (Å²) in [5.41, 5.74) is 2.02. The molecule has 0 spiro atoms. The lowest BCUT2D eigenvalue weighted by molar-refractivity contribution is -0.274. The van der Waals surface area contributed by atoms with Crippen LogP contribution in [0.1, 0.15) is 19.3 Å². The Morgan fingerprint density at radius 1 is 1.04 bits per heavy atom. The van der Waals surface area contributed by atoms with Crippen LogP contribution in [0.3, 0.4) is 0 Å². The average molecular weight is 362 g/mol. The molecule has 136 valence electrons. The Labute approximate surface area is 147 Å². The van der Waals surface area contributed by atoms with Crippen LogP contribution in [0.2, 0.25) is 0 Å². The Morgan fingerprint density at radius 2 is 1.85 bits per heavy atom. The number of halogens is 3. The highest BCUT2D eigenvalue weighted by molar-refractivity contribution is 5.94. The molecule has 3 aromatic rings. The number of aromatic nitrogens is 3. The fourth-order valence-electron chi connectivity index (χ4n) is 3.27. The first-order valence-electron chi connectivity index (χ1n) is 8.45. The van der Waals surface area contributed by atoms with Gasteiger partial charge in [-0.3, -0.25) is 5.10 Å². The van der Waals surface area contributed by atoms with Crippen LogP contribution in [0.5, 0.6) is 5.75 Å². The number of pyridine rings is 1. The van der Waals surface area contributed by atoms with E-state index in [0.29, 0.717) is 16.6 Å². The maximum absolute atomic E-state index is 12.5. The van der Waals surface area contributed by atoms with E-state index in [1.165, 1.54) is 24.6 Å². The summed E-state index contributed by atoms with van der Waals surface area (Å²) in [6.07, 6.45) is 0.471. The van der Waals surface area contributed by atoms with Crippen LogP contribution >= 0.6 is 0 Å². The molecule has 1 aliphatic rings. The molecule has 3 heterocycles. The van der Waals surface area contributed by atoms with Gasteiger partial charge in [-0.05, 0) is 49.6 Å². The standard InChI is InChI=1S/C18H17F3N4O/c19-18(20,21)26-13-4-5-15-14(11-13)17(24-23-15)12-6-7-22-16(10-12)25-8-2-1-3-9-25/h4-7,10-11H,1-3,8-9H2,(H,23,24). The zero-order valence-electron chi connectivity index (χ0n) is 13.9. The van der Waals surface area contributed by atoms with E-state index in [1.807, 2.05) is 6.07 Å². The summed E-state index contributed by atoms with van der Waals surface area (Å²) < 4.78 is 41.5. The summed E-state index contributed by atoms with van der Waals surface area (Å²) in [6, 6.07) is 7.88. The third kappa shape index (κ3) is 3.44. The molecule has 1 aromatic carbocycles. The van der Waals surface area contributed by atoms with Crippen LogP contribution < -0.4 is 9.64 Å². The molecule has 1 aliphatic heterocycles. The first kappa shape index (κ1) is 16.7. The van der Waals surface area contributed by atoms with Crippen molar-refractivity contribution in [2.75, 3.05) is 18.0 Å². The highest BCUT2D eigenvalue weighted by Gasteiger charge is 2.31. The fourth-order valence-corrected chi connectivity index (χ4v) is 3.27. The van der Waals surface area contributed by atoms with Crippen molar-refractivity contribution in [2.24, 2.45) is 0 Å². The van der Waals surface area contributed by atoms with E-state index >= 15 is 0 Å². The molecule has 5 nitrogen and oxygen atoms in total. The minimum Gasteiger partial charge on any atom is -0.406 e. The fraction of sp³-hybridized carbons (Fsp3) is 0.333. The van der Waals surface area contributed by atoms with Crippen LogP contribution in [0.4, 0.5) is 19.0 Å². The topological polar surface area (TPSA) is 54.0 Å². The van der Waals surface area contributed by atoms with E-state index < -0.39 is 6.36 Å². The van der Waals surface area contributed by atoms with Crippen molar-refractivity contribution in [1.29, 1.82) is 0 Å². The number of rotatable bonds is 3. The first-order valence-corrected chi connectivity index (χ1v) is 8.45. The first-order chi connectivity index (χ1) is 12.5. The lowest BCUT2D eigenvalue weighted by Gasteiger charge is -2.27. The molecule has 0 saturated carbocycles. The van der Waals surface area contributed by atoms with Gasteiger partial charge in [-0.25, -0.2) is 4.98 Å². The molecule has 0 unspecified atom stereocenters. The Kier molecular flexibility index (Phi) is 4.18. The largest absolute Gasteiger partial charge is 0.573 e. The third-order valence-electron chi connectivity index (χ3n) is 4.47. The second kappa shape index (κ2) is 6.51. The van der Waals surface area contributed by atoms with Gasteiger partial charge in [0.15, 0.2) is 0 Å². The van der Waals surface area contributed by atoms with Crippen LogP contribution in [-0.4, -0.2) is 34.6 Å². The number of aromatic amines is 1. The number of hydrogen-bond donors (Lipinski definition) is 1. The predicted octanol–water partition coefficient (Wildman–Crippen LogP) is 4.51. The molecular formula is C18H17F3N4O. The smallest absolute Gasteiger partial charge is 0.406 e. The van der Waals surface area contributed by atoms with E-state index in [0.717, 1.165) is 37.3 Å². The van der Waals surface area contributed by atoms with Gasteiger partial charge in [0.05, 0.1) is 5.52 Å². The summed E-state index contributed by atoms with van der Waals surface area (Å²) in [6.45, 7) is 1.92. The molecule has 2 aromatic heterocycles. The van der Waals surface area contributed by atoms with Crippen LogP contribution in [-0.2, 0) is 0 Å². The summed E-state index contributed by atoms with van der Waals surface area (Å²) >= 11 is 0. The second-order valence-corrected chi connectivity index (χ2v) is 6.28. The lowest BCUT2D eigenvalue weighted by atomic mass is 10.1. The van der Waals surface area contributed by atoms with Gasteiger partial charge < -0.3 is 9.64 Å². The van der Waals surface area contributed by atoms with Crippen molar-refractivity contribution in [3.05, 3.63) is 36.5 Å². The molecule has 4 rings (SSSR count). The molecule has 0 amide bonds. The van der Waals surface area contributed by atoms with Crippen molar-refractivity contribution in [2.45, 2.75) is 25.6 Å². The molecule has 0 bridgehead atoms. The monoisotopic (exact) mass is 362 g/mol.